The molecule has 4 aliphatic carbocycles. The molecule has 0 amide bonds. The van der Waals surface area contributed by atoms with Gasteiger partial charge >= 0.3 is 0 Å². The third-order valence-electron chi connectivity index (χ3n) is 6.49. The molecular weight excluding hydrogens is 220 g/mol. The zero-order valence-corrected chi connectivity index (χ0v) is 11.6. The van der Waals surface area contributed by atoms with E-state index in [1.54, 1.807) is 19.3 Å². The first-order chi connectivity index (χ1) is 8.79. The van der Waals surface area contributed by atoms with Gasteiger partial charge in [-0.25, -0.2) is 0 Å². The van der Waals surface area contributed by atoms with E-state index in [1.165, 1.54) is 45.1 Å². The molecule has 5 rings (SSSR count). The molecule has 1 saturated heterocycles. The molecule has 2 nitrogen and oxygen atoms in total. The summed E-state index contributed by atoms with van der Waals surface area (Å²) in [6.07, 6.45) is 13.4. The summed E-state index contributed by atoms with van der Waals surface area (Å²) in [5.74, 6) is 3.24. The van der Waals surface area contributed by atoms with Gasteiger partial charge in [-0.1, -0.05) is 0 Å². The molecule has 1 aliphatic heterocycles. The van der Waals surface area contributed by atoms with E-state index in [1.807, 2.05) is 0 Å². The van der Waals surface area contributed by atoms with Crippen LogP contribution in [0.5, 0.6) is 0 Å². The summed E-state index contributed by atoms with van der Waals surface area (Å²) >= 11 is 0. The van der Waals surface area contributed by atoms with E-state index < -0.39 is 0 Å². The van der Waals surface area contributed by atoms with Crippen molar-refractivity contribution in [1.29, 1.82) is 0 Å². The lowest BCUT2D eigenvalue weighted by molar-refractivity contribution is -0.0941. The largest absolute Gasteiger partial charge is 0.330 e. The van der Waals surface area contributed by atoms with Gasteiger partial charge in [0.15, 0.2) is 0 Å². The molecule has 5 aliphatic rings. The van der Waals surface area contributed by atoms with Crippen molar-refractivity contribution >= 4 is 0 Å². The Kier molecular flexibility index (Phi) is 2.74. The number of nitrogens with zero attached hydrogens (tertiary/aromatic N) is 1. The van der Waals surface area contributed by atoms with Gasteiger partial charge in [-0.05, 0) is 88.6 Å². The molecule has 0 radical (unpaired) electrons. The first-order valence-electron chi connectivity index (χ1n) is 8.26. The van der Waals surface area contributed by atoms with Gasteiger partial charge in [-0.15, -0.1) is 0 Å². The Morgan fingerprint density at radius 3 is 2.17 bits per heavy atom. The Morgan fingerprint density at radius 1 is 1.00 bits per heavy atom. The summed E-state index contributed by atoms with van der Waals surface area (Å²) in [5, 5.41) is 0. The zero-order chi connectivity index (χ0) is 12.2. The highest BCUT2D eigenvalue weighted by atomic mass is 15.3. The second-order valence-electron chi connectivity index (χ2n) is 7.71. The summed E-state index contributed by atoms with van der Waals surface area (Å²) in [7, 11) is 0. The lowest BCUT2D eigenvalue weighted by Crippen LogP contribution is -2.61. The molecule has 1 atom stereocenters. The topological polar surface area (TPSA) is 29.3 Å². The quantitative estimate of drug-likeness (QED) is 0.832. The number of nitrogens with two attached hydrogens (primary N) is 1. The summed E-state index contributed by atoms with van der Waals surface area (Å²) in [4.78, 5) is 2.95. The second-order valence-corrected chi connectivity index (χ2v) is 7.71. The van der Waals surface area contributed by atoms with Crippen molar-refractivity contribution in [3.05, 3.63) is 0 Å². The number of likely N-dealkylation sites (tertiary alicyclic amines) is 1. The van der Waals surface area contributed by atoms with Crippen molar-refractivity contribution in [1.82, 2.24) is 4.90 Å². The highest BCUT2D eigenvalue weighted by Gasteiger charge is 2.55. The van der Waals surface area contributed by atoms with Gasteiger partial charge in [-0.3, -0.25) is 4.90 Å². The molecular formula is C16H28N2. The van der Waals surface area contributed by atoms with E-state index in [0.29, 0.717) is 5.54 Å². The number of hydrogen-bond acceptors (Lipinski definition) is 2. The van der Waals surface area contributed by atoms with Gasteiger partial charge < -0.3 is 5.73 Å². The van der Waals surface area contributed by atoms with Crippen LogP contribution in [0, 0.1) is 17.8 Å². The van der Waals surface area contributed by atoms with Gasteiger partial charge in [-0.2, -0.15) is 0 Å². The minimum atomic E-state index is 0.630. The fourth-order valence-corrected chi connectivity index (χ4v) is 6.37. The molecule has 4 bridgehead atoms. The molecule has 0 aromatic rings. The molecule has 0 aromatic carbocycles. The van der Waals surface area contributed by atoms with Gasteiger partial charge in [0.1, 0.15) is 0 Å². The lowest BCUT2D eigenvalue weighted by atomic mass is 9.52. The SMILES string of the molecule is NCCC1CCCN1C12CC3CC(CC(C3)C1)C2. The fraction of sp³-hybridized carbons (Fsp3) is 1.00. The number of hydrogen-bond donors (Lipinski definition) is 1. The average Bonchev–Trinajstić information content (AvgIpc) is 2.76. The third-order valence-corrected chi connectivity index (χ3v) is 6.49. The summed E-state index contributed by atoms with van der Waals surface area (Å²) in [6, 6.07) is 0.825. The van der Waals surface area contributed by atoms with Crippen LogP contribution < -0.4 is 5.73 Å². The molecule has 0 spiro atoms. The standard InChI is InChI=1S/C16H28N2/c17-4-3-15-2-1-5-18(15)16-9-12-6-13(10-16)8-14(7-12)11-16/h12-15H,1-11,17H2. The predicted octanol–water partition coefficient (Wildman–Crippen LogP) is 2.77. The van der Waals surface area contributed by atoms with E-state index in [9.17, 15) is 0 Å². The van der Waals surface area contributed by atoms with Crippen molar-refractivity contribution in [2.24, 2.45) is 23.5 Å². The molecule has 102 valence electrons. The van der Waals surface area contributed by atoms with Crippen LogP contribution in [0.1, 0.15) is 57.8 Å². The highest BCUT2D eigenvalue weighted by molar-refractivity contribution is 5.09. The van der Waals surface area contributed by atoms with Crippen LogP contribution in [-0.4, -0.2) is 29.6 Å². The molecule has 0 aromatic heterocycles. The first-order valence-corrected chi connectivity index (χ1v) is 8.26. The number of rotatable bonds is 3. The van der Waals surface area contributed by atoms with Gasteiger partial charge in [0.05, 0.1) is 0 Å². The van der Waals surface area contributed by atoms with E-state index >= 15 is 0 Å². The van der Waals surface area contributed by atoms with Crippen LogP contribution in [0.2, 0.25) is 0 Å². The van der Waals surface area contributed by atoms with E-state index in [-0.39, 0.29) is 0 Å². The zero-order valence-electron chi connectivity index (χ0n) is 11.6. The Balaban J connectivity index is 1.59. The molecule has 1 unspecified atom stereocenters. The van der Waals surface area contributed by atoms with Crippen LogP contribution in [0.4, 0.5) is 0 Å². The van der Waals surface area contributed by atoms with Crippen LogP contribution >= 0.6 is 0 Å². The molecule has 4 saturated carbocycles. The van der Waals surface area contributed by atoms with Crippen molar-refractivity contribution in [2.45, 2.75) is 69.4 Å². The molecule has 1 heterocycles. The average molecular weight is 248 g/mol. The van der Waals surface area contributed by atoms with Crippen molar-refractivity contribution in [2.75, 3.05) is 13.1 Å². The van der Waals surface area contributed by atoms with Crippen molar-refractivity contribution in [3.63, 3.8) is 0 Å². The Morgan fingerprint density at radius 2 is 1.61 bits per heavy atom. The van der Waals surface area contributed by atoms with Gasteiger partial charge in [0.25, 0.3) is 0 Å². The maximum absolute atomic E-state index is 5.84. The maximum atomic E-state index is 5.84. The minimum Gasteiger partial charge on any atom is -0.330 e. The first kappa shape index (κ1) is 11.7. The van der Waals surface area contributed by atoms with Crippen LogP contribution in [0.3, 0.4) is 0 Å². The Hall–Kier alpha value is -0.0800. The normalized spacial score (nSPS) is 51.2. The van der Waals surface area contributed by atoms with Crippen LogP contribution in [0.25, 0.3) is 0 Å². The maximum Gasteiger partial charge on any atom is 0.0220 e. The molecule has 2 heteroatoms. The van der Waals surface area contributed by atoms with E-state index in [0.717, 1.165) is 30.3 Å². The van der Waals surface area contributed by atoms with Crippen LogP contribution in [-0.2, 0) is 0 Å². The molecule has 5 fully saturated rings. The summed E-state index contributed by atoms with van der Waals surface area (Å²) < 4.78 is 0. The minimum absolute atomic E-state index is 0.630. The smallest absolute Gasteiger partial charge is 0.0220 e. The van der Waals surface area contributed by atoms with Gasteiger partial charge in [0, 0.05) is 11.6 Å². The Labute approximate surface area is 111 Å². The monoisotopic (exact) mass is 248 g/mol. The predicted molar refractivity (Wildman–Crippen MR) is 74.3 cm³/mol. The van der Waals surface area contributed by atoms with Crippen LogP contribution in [0.15, 0.2) is 0 Å². The summed E-state index contributed by atoms with van der Waals surface area (Å²) in [6.45, 7) is 2.25. The Bertz CT molecular complexity index is 290. The highest BCUT2D eigenvalue weighted by Crippen LogP contribution is 2.58. The fourth-order valence-electron chi connectivity index (χ4n) is 6.37. The third kappa shape index (κ3) is 1.68. The lowest BCUT2D eigenvalue weighted by Gasteiger charge is -2.61. The second kappa shape index (κ2) is 4.21. The van der Waals surface area contributed by atoms with E-state index in [4.69, 9.17) is 5.73 Å². The summed E-state index contributed by atoms with van der Waals surface area (Å²) in [5.41, 5.74) is 6.47. The van der Waals surface area contributed by atoms with E-state index in [2.05, 4.69) is 4.90 Å². The molecule has 18 heavy (non-hydrogen) atoms. The van der Waals surface area contributed by atoms with Crippen molar-refractivity contribution < 1.29 is 0 Å². The molecule has 2 N–H and O–H groups in total. The van der Waals surface area contributed by atoms with Gasteiger partial charge in [0.2, 0.25) is 0 Å². The van der Waals surface area contributed by atoms with Crippen molar-refractivity contribution in [3.8, 4) is 0 Å².